The van der Waals surface area contributed by atoms with Gasteiger partial charge in [0.05, 0.1) is 0 Å². The molecule has 0 spiro atoms. The van der Waals surface area contributed by atoms with Gasteiger partial charge >= 0.3 is 0 Å². The topological polar surface area (TPSA) is 46.2 Å². The van der Waals surface area contributed by atoms with Gasteiger partial charge in [-0.1, -0.05) is 19.3 Å². The average Bonchev–Trinajstić information content (AvgIpc) is 2.02. The molecule has 0 aliphatic heterocycles. The lowest BCUT2D eigenvalue weighted by Gasteiger charge is -2.38. The second-order valence-corrected chi connectivity index (χ2v) is 6.95. The lowest BCUT2D eigenvalue weighted by molar-refractivity contribution is 0.299. The Kier molecular flexibility index (Phi) is 3.58. The van der Waals surface area contributed by atoms with E-state index in [1.807, 2.05) is 13.8 Å². The van der Waals surface area contributed by atoms with E-state index in [9.17, 15) is 8.42 Å². The van der Waals surface area contributed by atoms with Crippen molar-refractivity contribution in [1.82, 2.24) is 5.32 Å². The molecule has 0 heterocycles. The Labute approximate surface area is 87.2 Å². The first kappa shape index (κ1) is 12.0. The van der Waals surface area contributed by atoms with E-state index in [0.717, 1.165) is 32.1 Å². The van der Waals surface area contributed by atoms with Crippen molar-refractivity contribution in [3.8, 4) is 0 Å². The molecule has 0 aromatic rings. The van der Waals surface area contributed by atoms with Crippen LogP contribution in [0.5, 0.6) is 0 Å². The fourth-order valence-electron chi connectivity index (χ4n) is 2.27. The van der Waals surface area contributed by atoms with Gasteiger partial charge in [-0.25, -0.2) is 8.42 Å². The largest absolute Gasteiger partial charge is 0.296 e. The molecular weight excluding hydrogens is 198 g/mol. The van der Waals surface area contributed by atoms with Gasteiger partial charge in [-0.2, -0.15) is 0 Å². The number of hydrogen-bond acceptors (Lipinski definition) is 3. The van der Waals surface area contributed by atoms with E-state index in [1.54, 1.807) is 0 Å². The van der Waals surface area contributed by atoms with Crippen molar-refractivity contribution in [2.24, 2.45) is 0 Å². The van der Waals surface area contributed by atoms with Crippen LogP contribution in [0, 0.1) is 0 Å². The Morgan fingerprint density at radius 3 is 2.00 bits per heavy atom. The number of sulfone groups is 1. The fraction of sp³-hybridized carbons (Fsp3) is 1.00. The molecule has 0 unspecified atom stereocenters. The summed E-state index contributed by atoms with van der Waals surface area (Å²) in [4.78, 5) is -0.639. The SMILES string of the molecule is CC(C)NC1(S(C)(=O)=O)CCCCC1. The number of nitrogens with one attached hydrogen (secondary N) is 1. The Hall–Kier alpha value is -0.0900. The van der Waals surface area contributed by atoms with Crippen LogP contribution in [0.1, 0.15) is 46.0 Å². The maximum atomic E-state index is 11.8. The van der Waals surface area contributed by atoms with Crippen molar-refractivity contribution < 1.29 is 8.42 Å². The highest BCUT2D eigenvalue weighted by Gasteiger charge is 2.41. The average molecular weight is 219 g/mol. The molecule has 14 heavy (non-hydrogen) atoms. The van der Waals surface area contributed by atoms with E-state index in [2.05, 4.69) is 5.32 Å². The zero-order valence-electron chi connectivity index (χ0n) is 9.34. The summed E-state index contributed by atoms with van der Waals surface area (Å²) in [5.41, 5.74) is 0. The van der Waals surface area contributed by atoms with E-state index in [1.165, 1.54) is 6.26 Å². The molecular formula is C10H21NO2S. The van der Waals surface area contributed by atoms with E-state index in [-0.39, 0.29) is 6.04 Å². The van der Waals surface area contributed by atoms with Crippen LogP contribution in [0.25, 0.3) is 0 Å². The van der Waals surface area contributed by atoms with Crippen molar-refractivity contribution in [1.29, 1.82) is 0 Å². The first-order valence-corrected chi connectivity index (χ1v) is 7.24. The van der Waals surface area contributed by atoms with Gasteiger partial charge in [0.15, 0.2) is 9.84 Å². The predicted molar refractivity (Wildman–Crippen MR) is 58.9 cm³/mol. The standard InChI is InChI=1S/C10H21NO2S/c1-9(2)11-10(14(3,12)13)7-5-4-6-8-10/h9,11H,4-8H2,1-3H3. The van der Waals surface area contributed by atoms with E-state index in [0.29, 0.717) is 0 Å². The first-order valence-electron chi connectivity index (χ1n) is 5.35. The third kappa shape index (κ3) is 2.48. The number of rotatable bonds is 3. The van der Waals surface area contributed by atoms with Gasteiger partial charge in [0.25, 0.3) is 0 Å². The molecule has 0 bridgehead atoms. The molecule has 0 radical (unpaired) electrons. The molecule has 1 aliphatic rings. The van der Waals surface area contributed by atoms with Crippen LogP contribution in [-0.4, -0.2) is 25.6 Å². The molecule has 0 amide bonds. The summed E-state index contributed by atoms with van der Waals surface area (Å²) in [6, 6.07) is 0.225. The van der Waals surface area contributed by atoms with Gasteiger partial charge in [0, 0.05) is 12.3 Å². The third-order valence-electron chi connectivity index (χ3n) is 2.92. The van der Waals surface area contributed by atoms with E-state index < -0.39 is 14.7 Å². The fourth-order valence-corrected chi connectivity index (χ4v) is 3.75. The normalized spacial score (nSPS) is 22.6. The molecule has 1 rings (SSSR count). The minimum atomic E-state index is -2.99. The van der Waals surface area contributed by atoms with Gasteiger partial charge in [0.2, 0.25) is 0 Å². The summed E-state index contributed by atoms with van der Waals surface area (Å²) in [5, 5.41) is 3.25. The molecule has 0 atom stereocenters. The number of hydrogen-bond donors (Lipinski definition) is 1. The minimum absolute atomic E-state index is 0.225. The molecule has 4 heteroatoms. The second kappa shape index (κ2) is 4.19. The van der Waals surface area contributed by atoms with Crippen LogP contribution >= 0.6 is 0 Å². The Balaban J connectivity index is 2.89. The van der Waals surface area contributed by atoms with Gasteiger partial charge < -0.3 is 0 Å². The van der Waals surface area contributed by atoms with Crippen LogP contribution in [0.2, 0.25) is 0 Å². The Bertz CT molecular complexity index is 276. The highest BCUT2D eigenvalue weighted by Crippen LogP contribution is 2.32. The van der Waals surface area contributed by atoms with Crippen LogP contribution in [0.3, 0.4) is 0 Å². The molecule has 1 saturated carbocycles. The molecule has 0 aromatic carbocycles. The van der Waals surface area contributed by atoms with Crippen molar-refractivity contribution in [2.45, 2.75) is 56.9 Å². The summed E-state index contributed by atoms with van der Waals surface area (Å²) >= 11 is 0. The highest BCUT2D eigenvalue weighted by atomic mass is 32.2. The summed E-state index contributed by atoms with van der Waals surface area (Å²) in [5.74, 6) is 0. The molecule has 1 aliphatic carbocycles. The highest BCUT2D eigenvalue weighted by molar-refractivity contribution is 7.92. The van der Waals surface area contributed by atoms with Gasteiger partial charge in [-0.05, 0) is 26.7 Å². The minimum Gasteiger partial charge on any atom is -0.296 e. The first-order chi connectivity index (χ1) is 6.37. The van der Waals surface area contributed by atoms with Gasteiger partial charge in [-0.15, -0.1) is 0 Å². The van der Waals surface area contributed by atoms with E-state index in [4.69, 9.17) is 0 Å². The molecule has 0 aromatic heterocycles. The smallest absolute Gasteiger partial charge is 0.166 e. The van der Waals surface area contributed by atoms with Gasteiger partial charge in [-0.3, -0.25) is 5.32 Å². The lowest BCUT2D eigenvalue weighted by atomic mass is 9.94. The molecule has 1 fully saturated rings. The van der Waals surface area contributed by atoms with Crippen molar-refractivity contribution >= 4 is 9.84 Å². The zero-order chi connectivity index (χ0) is 10.8. The van der Waals surface area contributed by atoms with Crippen LogP contribution in [-0.2, 0) is 9.84 Å². The van der Waals surface area contributed by atoms with Crippen LogP contribution < -0.4 is 5.32 Å². The van der Waals surface area contributed by atoms with Crippen LogP contribution in [0.4, 0.5) is 0 Å². The van der Waals surface area contributed by atoms with Crippen molar-refractivity contribution in [3.63, 3.8) is 0 Å². The maximum absolute atomic E-state index is 11.8. The van der Waals surface area contributed by atoms with E-state index >= 15 is 0 Å². The quantitative estimate of drug-likeness (QED) is 0.785. The maximum Gasteiger partial charge on any atom is 0.166 e. The third-order valence-corrected chi connectivity index (χ3v) is 4.87. The predicted octanol–water partition coefficient (Wildman–Crippen LogP) is 1.69. The summed E-state index contributed by atoms with van der Waals surface area (Å²) < 4.78 is 23.6. The lowest BCUT2D eigenvalue weighted by Crippen LogP contribution is -2.55. The second-order valence-electron chi connectivity index (χ2n) is 4.63. The summed E-state index contributed by atoms with van der Waals surface area (Å²) in [6.07, 6.45) is 6.10. The van der Waals surface area contributed by atoms with Crippen molar-refractivity contribution in [2.75, 3.05) is 6.26 Å². The zero-order valence-corrected chi connectivity index (χ0v) is 10.2. The monoisotopic (exact) mass is 219 g/mol. The summed E-state index contributed by atoms with van der Waals surface area (Å²) in [6.45, 7) is 4.00. The van der Waals surface area contributed by atoms with Crippen LogP contribution in [0.15, 0.2) is 0 Å². The Morgan fingerprint density at radius 1 is 1.14 bits per heavy atom. The van der Waals surface area contributed by atoms with Crippen molar-refractivity contribution in [3.05, 3.63) is 0 Å². The molecule has 0 saturated heterocycles. The summed E-state index contributed by atoms with van der Waals surface area (Å²) in [7, 11) is -2.99. The molecule has 1 N–H and O–H groups in total. The van der Waals surface area contributed by atoms with Gasteiger partial charge in [0.1, 0.15) is 4.87 Å². The molecule has 84 valence electrons. The molecule has 3 nitrogen and oxygen atoms in total. The Morgan fingerprint density at radius 2 is 1.64 bits per heavy atom.